The quantitative estimate of drug-likeness (QED) is 0.560. The largest absolute Gasteiger partial charge is 0.474 e. The molecule has 1 aliphatic rings. The molecule has 1 aromatic carbocycles. The van der Waals surface area contributed by atoms with Crippen LogP contribution in [0.3, 0.4) is 0 Å². The van der Waals surface area contributed by atoms with Gasteiger partial charge in [0.05, 0.1) is 12.1 Å². The maximum atomic E-state index is 14.4. The number of aromatic amines is 1. The molecule has 0 aliphatic carbocycles. The topological polar surface area (TPSA) is 105 Å². The van der Waals surface area contributed by atoms with E-state index in [1.54, 1.807) is 12.1 Å². The molecule has 1 atom stereocenters. The Morgan fingerprint density at radius 2 is 2.07 bits per heavy atom. The van der Waals surface area contributed by atoms with Crippen LogP contribution in [0.2, 0.25) is 0 Å². The lowest BCUT2D eigenvalue weighted by Gasteiger charge is -2.26. The Kier molecular flexibility index (Phi) is 5.39. The van der Waals surface area contributed by atoms with Gasteiger partial charge in [-0.05, 0) is 32.8 Å². The lowest BCUT2D eigenvalue weighted by atomic mass is 10.0. The first-order valence-corrected chi connectivity index (χ1v) is 9.74. The first kappa shape index (κ1) is 19.9. The van der Waals surface area contributed by atoms with E-state index in [4.69, 9.17) is 10.5 Å². The molecule has 1 fully saturated rings. The van der Waals surface area contributed by atoms with Crippen LogP contribution in [-0.4, -0.2) is 32.8 Å². The Morgan fingerprint density at radius 3 is 2.83 bits per heavy atom. The van der Waals surface area contributed by atoms with Crippen LogP contribution in [0.15, 0.2) is 30.3 Å². The Balaban J connectivity index is 1.58. The highest BCUT2D eigenvalue weighted by Gasteiger charge is 2.30. The molecular formula is C20H23F2N7O. The van der Waals surface area contributed by atoms with Crippen molar-refractivity contribution in [3.63, 3.8) is 0 Å². The van der Waals surface area contributed by atoms with Crippen molar-refractivity contribution < 1.29 is 13.5 Å². The summed E-state index contributed by atoms with van der Waals surface area (Å²) >= 11 is 0. The first-order chi connectivity index (χ1) is 14.4. The Labute approximate surface area is 172 Å². The molecule has 1 saturated heterocycles. The van der Waals surface area contributed by atoms with Crippen molar-refractivity contribution >= 4 is 23.4 Å². The summed E-state index contributed by atoms with van der Waals surface area (Å²) in [5, 5.41) is 10.0. The number of nitrogen functional groups attached to an aromatic ring is 1. The van der Waals surface area contributed by atoms with Crippen LogP contribution >= 0.6 is 0 Å². The fourth-order valence-electron chi connectivity index (χ4n) is 3.61. The van der Waals surface area contributed by atoms with E-state index in [0.717, 1.165) is 18.9 Å². The number of ether oxygens (including phenoxy) is 1. The molecule has 158 valence electrons. The summed E-state index contributed by atoms with van der Waals surface area (Å²) in [5.74, 6) is 0.981. The van der Waals surface area contributed by atoms with E-state index in [1.807, 2.05) is 18.7 Å². The molecule has 0 bridgehead atoms. The molecular weight excluding hydrogens is 392 g/mol. The summed E-state index contributed by atoms with van der Waals surface area (Å²) in [7, 11) is 0. The van der Waals surface area contributed by atoms with Gasteiger partial charge in [-0.2, -0.15) is 9.97 Å². The second kappa shape index (κ2) is 8.13. The molecule has 3 aromatic rings. The number of anilines is 4. The van der Waals surface area contributed by atoms with Gasteiger partial charge in [-0.3, -0.25) is 5.10 Å². The number of H-pyrrole nitrogens is 1. The zero-order valence-electron chi connectivity index (χ0n) is 16.7. The summed E-state index contributed by atoms with van der Waals surface area (Å²) in [6.45, 7) is 4.50. The van der Waals surface area contributed by atoms with Crippen LogP contribution in [0.5, 0.6) is 5.88 Å². The minimum atomic E-state index is -0.598. The molecule has 4 N–H and O–H groups in total. The first-order valence-electron chi connectivity index (χ1n) is 9.74. The molecule has 10 heteroatoms. The number of rotatable bonds is 6. The van der Waals surface area contributed by atoms with Crippen molar-refractivity contribution in [3.05, 3.63) is 47.5 Å². The van der Waals surface area contributed by atoms with Gasteiger partial charge in [-0.15, -0.1) is 5.10 Å². The number of hydrogen-bond donors (Lipinski definition) is 3. The average Bonchev–Trinajstić information content (AvgIpc) is 3.30. The predicted molar refractivity (Wildman–Crippen MR) is 110 cm³/mol. The number of nitrogens with one attached hydrogen (secondary N) is 2. The fourth-order valence-corrected chi connectivity index (χ4v) is 3.61. The van der Waals surface area contributed by atoms with Crippen molar-refractivity contribution in [2.24, 2.45) is 0 Å². The number of halogens is 2. The second-order valence-corrected chi connectivity index (χ2v) is 7.40. The zero-order chi connectivity index (χ0) is 21.3. The molecule has 0 radical (unpaired) electrons. The van der Waals surface area contributed by atoms with Gasteiger partial charge >= 0.3 is 0 Å². The molecule has 3 heterocycles. The van der Waals surface area contributed by atoms with E-state index < -0.39 is 11.6 Å². The van der Waals surface area contributed by atoms with Crippen LogP contribution in [0.4, 0.5) is 32.2 Å². The van der Waals surface area contributed by atoms with E-state index in [1.165, 1.54) is 12.1 Å². The monoisotopic (exact) mass is 415 g/mol. The standard InChI is InChI=1S/C20H23F2N7O/c1-11(2)30-19-10-17(27-28-19)24-16-9-18(26-20(23)25-16)29-7-3-4-15(29)13-6-5-12(21)8-14(13)22/h5-6,8-11,15H,3-4,7H2,1-2H3,(H4,23,24,25,26,27,28). The van der Waals surface area contributed by atoms with Gasteiger partial charge in [0.1, 0.15) is 29.1 Å². The summed E-state index contributed by atoms with van der Waals surface area (Å²) in [5.41, 5.74) is 6.36. The van der Waals surface area contributed by atoms with Crippen molar-refractivity contribution in [3.8, 4) is 5.88 Å². The molecule has 2 aromatic heterocycles. The normalized spacial score (nSPS) is 16.3. The van der Waals surface area contributed by atoms with Gasteiger partial charge in [-0.1, -0.05) is 6.07 Å². The molecule has 0 spiro atoms. The highest BCUT2D eigenvalue weighted by Crippen LogP contribution is 2.37. The van der Waals surface area contributed by atoms with Crippen molar-refractivity contribution in [1.82, 2.24) is 20.2 Å². The summed E-state index contributed by atoms with van der Waals surface area (Å²) in [6.07, 6.45) is 1.58. The Bertz CT molecular complexity index is 1040. The fraction of sp³-hybridized carbons (Fsp3) is 0.350. The van der Waals surface area contributed by atoms with Crippen LogP contribution in [0.1, 0.15) is 38.3 Å². The van der Waals surface area contributed by atoms with Crippen molar-refractivity contribution in [2.75, 3.05) is 22.5 Å². The Hall–Kier alpha value is -3.43. The number of nitrogens with two attached hydrogens (primary N) is 1. The van der Waals surface area contributed by atoms with E-state index in [0.29, 0.717) is 35.4 Å². The smallest absolute Gasteiger partial charge is 0.234 e. The van der Waals surface area contributed by atoms with E-state index >= 15 is 0 Å². The molecule has 1 unspecified atom stereocenters. The third-order valence-corrected chi connectivity index (χ3v) is 4.77. The number of nitrogens with zero attached hydrogens (tertiary/aromatic N) is 4. The van der Waals surface area contributed by atoms with Crippen LogP contribution in [-0.2, 0) is 0 Å². The van der Waals surface area contributed by atoms with Gasteiger partial charge in [0.25, 0.3) is 0 Å². The van der Waals surface area contributed by atoms with Gasteiger partial charge in [-0.25, -0.2) is 8.78 Å². The third kappa shape index (κ3) is 4.27. The van der Waals surface area contributed by atoms with Gasteiger partial charge in [0.15, 0.2) is 0 Å². The zero-order valence-corrected chi connectivity index (χ0v) is 16.7. The van der Waals surface area contributed by atoms with Gasteiger partial charge in [0.2, 0.25) is 11.8 Å². The van der Waals surface area contributed by atoms with E-state index in [9.17, 15) is 8.78 Å². The molecule has 4 rings (SSSR count). The molecule has 8 nitrogen and oxygen atoms in total. The van der Waals surface area contributed by atoms with Gasteiger partial charge < -0.3 is 20.7 Å². The maximum Gasteiger partial charge on any atom is 0.234 e. The SMILES string of the molecule is CC(C)Oc1cc(Nc2cc(N3CCCC3c3ccc(F)cc3F)nc(N)n2)[nH]n1. The van der Waals surface area contributed by atoms with Crippen LogP contribution < -0.4 is 20.7 Å². The minimum Gasteiger partial charge on any atom is -0.474 e. The van der Waals surface area contributed by atoms with E-state index in [-0.39, 0.29) is 18.1 Å². The van der Waals surface area contributed by atoms with Crippen molar-refractivity contribution in [2.45, 2.75) is 38.8 Å². The van der Waals surface area contributed by atoms with Crippen LogP contribution in [0, 0.1) is 11.6 Å². The highest BCUT2D eigenvalue weighted by molar-refractivity contribution is 5.60. The van der Waals surface area contributed by atoms with Crippen molar-refractivity contribution in [1.29, 1.82) is 0 Å². The van der Waals surface area contributed by atoms with E-state index in [2.05, 4.69) is 25.5 Å². The van der Waals surface area contributed by atoms with Gasteiger partial charge in [0, 0.05) is 30.3 Å². The van der Waals surface area contributed by atoms with Crippen LogP contribution in [0.25, 0.3) is 0 Å². The number of aromatic nitrogens is 4. The summed E-state index contributed by atoms with van der Waals surface area (Å²) in [4.78, 5) is 10.5. The summed E-state index contributed by atoms with van der Waals surface area (Å²) in [6, 6.07) is 6.85. The molecule has 0 saturated carbocycles. The summed E-state index contributed by atoms with van der Waals surface area (Å²) < 4.78 is 33.2. The maximum absolute atomic E-state index is 14.4. The third-order valence-electron chi connectivity index (χ3n) is 4.77. The average molecular weight is 415 g/mol. The molecule has 1 aliphatic heterocycles. The lowest BCUT2D eigenvalue weighted by Crippen LogP contribution is -2.25. The minimum absolute atomic E-state index is 0.00130. The number of hydrogen-bond acceptors (Lipinski definition) is 7. The highest BCUT2D eigenvalue weighted by atomic mass is 19.1. The predicted octanol–water partition coefficient (Wildman–Crippen LogP) is 3.93. The molecule has 30 heavy (non-hydrogen) atoms. The molecule has 0 amide bonds. The lowest BCUT2D eigenvalue weighted by molar-refractivity contribution is 0.232. The Morgan fingerprint density at radius 1 is 1.23 bits per heavy atom. The number of benzene rings is 1. The second-order valence-electron chi connectivity index (χ2n) is 7.40.